The number of phenolic OH excluding ortho intramolecular Hbond substituents is 2. The lowest BCUT2D eigenvalue weighted by Crippen LogP contribution is -2.71. The second kappa shape index (κ2) is 9.49. The minimum atomic E-state index is -4.78. The van der Waals surface area contributed by atoms with Gasteiger partial charge in [-0.15, -0.1) is 11.3 Å². The number of carbonyl (C=O) groups excluding carboxylic acids is 3. The van der Waals surface area contributed by atoms with Crippen molar-refractivity contribution in [2.24, 2.45) is 5.16 Å². The van der Waals surface area contributed by atoms with Gasteiger partial charge in [-0.1, -0.05) is 5.16 Å². The molecule has 0 aliphatic carbocycles. The van der Waals surface area contributed by atoms with E-state index in [1.165, 1.54) is 18.4 Å². The van der Waals surface area contributed by atoms with Crippen LogP contribution in [0.2, 0.25) is 0 Å². The van der Waals surface area contributed by atoms with Crippen molar-refractivity contribution in [1.29, 1.82) is 0 Å². The number of hydrogen-bond acceptors (Lipinski definition) is 12. The van der Waals surface area contributed by atoms with Crippen molar-refractivity contribution in [3.8, 4) is 11.5 Å². The quantitative estimate of drug-likeness (QED) is 0.0625. The standard InChI is InChI=1S/C17H18N6O9S2/c1-7-13(16(28)23(7)34(29,30)31)21-15(27)14(9-6-33-17(18)20-9)22-32-5-12(26)19-8-2-3-10(24)11(25)4-8/h2-4,6-7,13,24-25H,5H2,1H3,(H2,18,20)(H,19,26)(H,21,27)(H,29,30,31)/b22-14-/t7-,13-/m0/s1. The maximum atomic E-state index is 12.7. The number of hydrogen-bond donors (Lipinski definition) is 6. The zero-order valence-corrected chi connectivity index (χ0v) is 18.8. The smallest absolute Gasteiger partial charge is 0.362 e. The second-order valence-electron chi connectivity index (χ2n) is 6.84. The molecule has 1 aromatic heterocycles. The maximum Gasteiger partial charge on any atom is 0.362 e. The molecule has 3 amide bonds. The van der Waals surface area contributed by atoms with E-state index in [1.807, 2.05) is 0 Å². The molecule has 1 fully saturated rings. The SMILES string of the molecule is C[C@H]1[C@H](NC(=O)/C(=N\OCC(=O)Nc2ccc(O)c(O)c2)c2csc(N)n2)C(=O)N1S(=O)(=O)O. The van der Waals surface area contributed by atoms with Crippen LogP contribution in [-0.4, -0.2) is 74.6 Å². The first-order valence-electron chi connectivity index (χ1n) is 9.23. The molecular weight excluding hydrogens is 496 g/mol. The van der Waals surface area contributed by atoms with E-state index >= 15 is 0 Å². The van der Waals surface area contributed by atoms with Gasteiger partial charge in [-0.2, -0.15) is 8.42 Å². The Hall–Kier alpha value is -3.96. The van der Waals surface area contributed by atoms with Gasteiger partial charge in [0.15, 0.2) is 28.9 Å². The summed E-state index contributed by atoms with van der Waals surface area (Å²) in [5, 5.41) is 28.4. The molecule has 0 radical (unpaired) electrons. The molecule has 3 rings (SSSR count). The van der Waals surface area contributed by atoms with Gasteiger partial charge in [0.2, 0.25) is 0 Å². The summed E-state index contributed by atoms with van der Waals surface area (Å²) in [5.41, 5.74) is 5.24. The number of nitrogens with two attached hydrogens (primary N) is 1. The van der Waals surface area contributed by atoms with E-state index in [2.05, 4.69) is 20.8 Å². The van der Waals surface area contributed by atoms with Gasteiger partial charge in [0.25, 0.3) is 17.7 Å². The molecule has 0 saturated carbocycles. The summed E-state index contributed by atoms with van der Waals surface area (Å²) in [6.07, 6.45) is 0. The fraction of sp³-hybridized carbons (Fsp3) is 0.235. The summed E-state index contributed by atoms with van der Waals surface area (Å²) in [5.74, 6) is -3.59. The first kappa shape index (κ1) is 24.7. The molecule has 17 heteroatoms. The normalized spacial score (nSPS) is 18.2. The van der Waals surface area contributed by atoms with E-state index in [-0.39, 0.29) is 26.6 Å². The number of benzene rings is 1. The zero-order chi connectivity index (χ0) is 25.2. The number of aromatic nitrogens is 1. The minimum absolute atomic E-state index is 0.0325. The number of nitrogens with one attached hydrogen (secondary N) is 2. The van der Waals surface area contributed by atoms with Crippen molar-refractivity contribution in [2.75, 3.05) is 17.7 Å². The van der Waals surface area contributed by atoms with E-state index in [9.17, 15) is 33.0 Å². The average molecular weight is 514 g/mol. The van der Waals surface area contributed by atoms with Crippen LogP contribution in [0, 0.1) is 0 Å². The number of oxime groups is 1. The summed E-state index contributed by atoms with van der Waals surface area (Å²) < 4.78 is 31.7. The lowest BCUT2D eigenvalue weighted by molar-refractivity contribution is -0.143. The van der Waals surface area contributed by atoms with Crippen LogP contribution in [-0.2, 0) is 29.5 Å². The highest BCUT2D eigenvalue weighted by Crippen LogP contribution is 2.27. The molecule has 2 heterocycles. The molecule has 15 nitrogen and oxygen atoms in total. The van der Waals surface area contributed by atoms with Gasteiger partial charge < -0.3 is 31.4 Å². The van der Waals surface area contributed by atoms with Crippen LogP contribution in [0.3, 0.4) is 0 Å². The van der Waals surface area contributed by atoms with Crippen molar-refractivity contribution >= 4 is 55.9 Å². The van der Waals surface area contributed by atoms with Crippen LogP contribution in [0.25, 0.3) is 0 Å². The van der Waals surface area contributed by atoms with Crippen molar-refractivity contribution in [1.82, 2.24) is 14.6 Å². The fourth-order valence-electron chi connectivity index (χ4n) is 2.87. The first-order valence-corrected chi connectivity index (χ1v) is 11.5. The first-order chi connectivity index (χ1) is 15.9. The monoisotopic (exact) mass is 514 g/mol. The van der Waals surface area contributed by atoms with Crippen LogP contribution in [0.4, 0.5) is 10.8 Å². The van der Waals surface area contributed by atoms with Crippen LogP contribution in [0.1, 0.15) is 12.6 Å². The Morgan fingerprint density at radius 1 is 1.32 bits per heavy atom. The Kier molecular flexibility index (Phi) is 6.89. The van der Waals surface area contributed by atoms with Gasteiger partial charge in [0.05, 0.1) is 6.04 Å². The molecule has 2 aromatic rings. The van der Waals surface area contributed by atoms with Crippen LogP contribution in [0.15, 0.2) is 28.7 Å². The number of rotatable bonds is 8. The molecular formula is C17H18N6O9S2. The van der Waals surface area contributed by atoms with Crippen LogP contribution >= 0.6 is 11.3 Å². The van der Waals surface area contributed by atoms with Crippen molar-refractivity contribution in [3.05, 3.63) is 29.3 Å². The summed E-state index contributed by atoms with van der Waals surface area (Å²) in [6, 6.07) is 1.23. The van der Waals surface area contributed by atoms with Crippen LogP contribution < -0.4 is 16.4 Å². The third kappa shape index (κ3) is 5.33. The summed E-state index contributed by atoms with van der Waals surface area (Å²) >= 11 is 0.977. The van der Waals surface area contributed by atoms with Gasteiger partial charge in [-0.3, -0.25) is 18.9 Å². The van der Waals surface area contributed by atoms with E-state index in [4.69, 9.17) is 15.1 Å². The predicted octanol–water partition coefficient (Wildman–Crippen LogP) is -0.986. The summed E-state index contributed by atoms with van der Waals surface area (Å²) in [7, 11) is -4.78. The number of nitrogens with zero attached hydrogens (tertiary/aromatic N) is 3. The van der Waals surface area contributed by atoms with Gasteiger partial charge >= 0.3 is 10.3 Å². The van der Waals surface area contributed by atoms with Crippen molar-refractivity contribution in [2.45, 2.75) is 19.0 Å². The van der Waals surface area contributed by atoms with Gasteiger partial charge in [-0.05, 0) is 19.1 Å². The molecule has 1 aromatic carbocycles. The van der Waals surface area contributed by atoms with Crippen LogP contribution in [0.5, 0.6) is 11.5 Å². The maximum absolute atomic E-state index is 12.7. The Morgan fingerprint density at radius 2 is 2.03 bits per heavy atom. The molecule has 0 spiro atoms. The third-order valence-corrected chi connectivity index (χ3v) is 6.14. The highest BCUT2D eigenvalue weighted by molar-refractivity contribution is 7.84. The van der Waals surface area contributed by atoms with Gasteiger partial charge in [-0.25, -0.2) is 9.29 Å². The number of amides is 3. The third-order valence-electron chi connectivity index (χ3n) is 4.46. The largest absolute Gasteiger partial charge is 0.504 e. The average Bonchev–Trinajstić information content (AvgIpc) is 3.17. The Morgan fingerprint density at radius 3 is 2.59 bits per heavy atom. The lowest BCUT2D eigenvalue weighted by atomic mass is 10.0. The highest BCUT2D eigenvalue weighted by Gasteiger charge is 2.51. The molecule has 1 saturated heterocycles. The second-order valence-corrected chi connectivity index (χ2v) is 9.02. The van der Waals surface area contributed by atoms with E-state index < -0.39 is 58.2 Å². The highest BCUT2D eigenvalue weighted by atomic mass is 32.2. The van der Waals surface area contributed by atoms with Crippen molar-refractivity contribution < 1.29 is 42.4 Å². The molecule has 0 unspecified atom stereocenters. The van der Waals surface area contributed by atoms with Gasteiger partial charge in [0.1, 0.15) is 11.7 Å². The Labute approximate surface area is 195 Å². The topological polar surface area (TPSA) is 234 Å². The summed E-state index contributed by atoms with van der Waals surface area (Å²) in [6.45, 7) is 0.618. The molecule has 1 aliphatic heterocycles. The van der Waals surface area contributed by atoms with E-state index in [1.54, 1.807) is 0 Å². The molecule has 182 valence electrons. The molecule has 34 heavy (non-hydrogen) atoms. The number of β-lactam (4-membered cyclic amide) rings is 1. The number of nitrogen functional groups attached to an aromatic ring is 1. The van der Waals surface area contributed by atoms with E-state index in [0.717, 1.165) is 23.5 Å². The Bertz CT molecular complexity index is 1280. The zero-order valence-electron chi connectivity index (χ0n) is 17.2. The molecule has 2 atom stereocenters. The number of carbonyl (C=O) groups is 3. The molecule has 0 bridgehead atoms. The minimum Gasteiger partial charge on any atom is -0.504 e. The Balaban J connectivity index is 1.68. The fourth-order valence-corrected chi connectivity index (χ4v) is 4.30. The molecule has 1 aliphatic rings. The van der Waals surface area contributed by atoms with Gasteiger partial charge in [0, 0.05) is 17.1 Å². The van der Waals surface area contributed by atoms with Crippen molar-refractivity contribution in [3.63, 3.8) is 0 Å². The summed E-state index contributed by atoms with van der Waals surface area (Å²) in [4.78, 5) is 45.6. The molecule has 7 N–H and O–H groups in total. The van der Waals surface area contributed by atoms with E-state index in [0.29, 0.717) is 0 Å². The number of aromatic hydroxyl groups is 2. The number of thiazole rings is 1. The lowest BCUT2D eigenvalue weighted by Gasteiger charge is -2.42. The number of anilines is 2. The predicted molar refractivity (Wildman–Crippen MR) is 117 cm³/mol. The number of phenols is 2.